The average Bonchev–Trinajstić information content (AvgIpc) is 3.34. The molecule has 0 bridgehead atoms. The van der Waals surface area contributed by atoms with E-state index >= 15 is 0 Å². The molecule has 0 radical (unpaired) electrons. The van der Waals surface area contributed by atoms with E-state index in [0.29, 0.717) is 12.4 Å². The molecule has 1 aliphatic heterocycles. The number of amides is 1. The maximum Gasteiger partial charge on any atom is 0.242 e. The van der Waals surface area contributed by atoms with Crippen LogP contribution in [0.15, 0.2) is 49.2 Å². The smallest absolute Gasteiger partial charge is 0.242 e. The lowest BCUT2D eigenvalue weighted by Gasteiger charge is -2.34. The van der Waals surface area contributed by atoms with E-state index < -0.39 is 0 Å². The molecule has 0 aliphatic carbocycles. The van der Waals surface area contributed by atoms with Gasteiger partial charge in [-0.1, -0.05) is 11.3 Å². The van der Waals surface area contributed by atoms with Crippen LogP contribution in [0, 0.1) is 0 Å². The normalized spacial score (nSPS) is 14.7. The minimum atomic E-state index is 0.161. The third-order valence-corrected chi connectivity index (χ3v) is 5.22. The van der Waals surface area contributed by atoms with Gasteiger partial charge in [0.15, 0.2) is 11.0 Å². The first kappa shape index (κ1) is 15.8. The van der Waals surface area contributed by atoms with Crippen LogP contribution in [-0.4, -0.2) is 56.5 Å². The molecule has 7 nitrogen and oxygen atoms in total. The monoisotopic (exact) mass is 354 g/mol. The van der Waals surface area contributed by atoms with Crippen LogP contribution in [0.3, 0.4) is 0 Å². The summed E-state index contributed by atoms with van der Waals surface area (Å²) >= 11 is 1.59. The third-order valence-electron chi connectivity index (χ3n) is 4.17. The zero-order valence-corrected chi connectivity index (χ0v) is 14.5. The first-order valence-electron chi connectivity index (χ1n) is 8.16. The predicted molar refractivity (Wildman–Crippen MR) is 96.4 cm³/mol. The molecular weight excluding hydrogens is 336 g/mol. The first-order chi connectivity index (χ1) is 12.3. The van der Waals surface area contributed by atoms with Crippen molar-refractivity contribution in [2.45, 2.75) is 6.54 Å². The lowest BCUT2D eigenvalue weighted by Crippen LogP contribution is -2.49. The van der Waals surface area contributed by atoms with Crippen molar-refractivity contribution in [1.29, 1.82) is 0 Å². The third kappa shape index (κ3) is 3.53. The summed E-state index contributed by atoms with van der Waals surface area (Å²) in [6.45, 7) is 3.42. The Kier molecular flexibility index (Phi) is 4.43. The fourth-order valence-corrected chi connectivity index (χ4v) is 3.74. The summed E-state index contributed by atoms with van der Waals surface area (Å²) in [6.07, 6.45) is 9.11. The maximum absolute atomic E-state index is 12.4. The molecule has 1 fully saturated rings. The summed E-state index contributed by atoms with van der Waals surface area (Å²) in [4.78, 5) is 30.5. The van der Waals surface area contributed by atoms with Crippen molar-refractivity contribution < 1.29 is 4.79 Å². The highest BCUT2D eigenvalue weighted by Gasteiger charge is 2.23. The Hall–Kier alpha value is -2.74. The van der Waals surface area contributed by atoms with Gasteiger partial charge < -0.3 is 14.4 Å². The molecule has 0 saturated carbocycles. The van der Waals surface area contributed by atoms with E-state index in [9.17, 15) is 4.79 Å². The second-order valence-corrected chi connectivity index (χ2v) is 6.81. The molecule has 1 saturated heterocycles. The quantitative estimate of drug-likeness (QED) is 0.714. The molecule has 0 spiro atoms. The highest BCUT2D eigenvalue weighted by Crippen LogP contribution is 2.29. The summed E-state index contributed by atoms with van der Waals surface area (Å²) < 4.78 is 1.90. The molecule has 1 aliphatic rings. The molecule has 3 aromatic rings. The van der Waals surface area contributed by atoms with E-state index in [4.69, 9.17) is 0 Å². The van der Waals surface area contributed by atoms with Crippen molar-refractivity contribution in [2.24, 2.45) is 0 Å². The van der Waals surface area contributed by atoms with Crippen LogP contribution in [0.25, 0.3) is 10.7 Å². The van der Waals surface area contributed by atoms with Crippen LogP contribution in [-0.2, 0) is 11.3 Å². The van der Waals surface area contributed by atoms with Crippen molar-refractivity contribution >= 4 is 22.4 Å². The molecule has 4 rings (SSSR count). The fourth-order valence-electron chi connectivity index (χ4n) is 2.82. The van der Waals surface area contributed by atoms with Gasteiger partial charge in [-0.15, -0.1) is 0 Å². The van der Waals surface area contributed by atoms with Gasteiger partial charge in [0, 0.05) is 51.0 Å². The van der Waals surface area contributed by atoms with Crippen molar-refractivity contribution in [3.05, 3.63) is 49.2 Å². The minimum absolute atomic E-state index is 0.161. The molecular formula is C17H18N6OS. The van der Waals surface area contributed by atoms with Gasteiger partial charge in [-0.2, -0.15) is 0 Å². The average molecular weight is 354 g/mol. The highest BCUT2D eigenvalue weighted by atomic mass is 32.1. The summed E-state index contributed by atoms with van der Waals surface area (Å²) in [5.74, 6) is 0.861. The summed E-state index contributed by atoms with van der Waals surface area (Å²) in [5.41, 5.74) is 0. The second-order valence-electron chi connectivity index (χ2n) is 5.80. The molecule has 3 aromatic heterocycles. The molecule has 0 aromatic carbocycles. The lowest BCUT2D eigenvalue weighted by atomic mass is 10.3. The van der Waals surface area contributed by atoms with Crippen LogP contribution < -0.4 is 4.90 Å². The van der Waals surface area contributed by atoms with Crippen LogP contribution in [0.2, 0.25) is 0 Å². The van der Waals surface area contributed by atoms with Crippen molar-refractivity contribution in [3.63, 3.8) is 0 Å². The van der Waals surface area contributed by atoms with E-state index in [1.807, 2.05) is 40.2 Å². The zero-order chi connectivity index (χ0) is 17.1. The molecule has 4 heterocycles. The van der Waals surface area contributed by atoms with Gasteiger partial charge in [0.25, 0.3) is 0 Å². The molecule has 0 unspecified atom stereocenters. The second kappa shape index (κ2) is 7.02. The molecule has 1 amide bonds. The van der Waals surface area contributed by atoms with Gasteiger partial charge in [-0.3, -0.25) is 4.79 Å². The SMILES string of the molecule is O=C(Cn1cccc1)N1CCN(c2ncc(-c3ncccn3)s2)CC1. The van der Waals surface area contributed by atoms with E-state index in [-0.39, 0.29) is 5.91 Å². The highest BCUT2D eigenvalue weighted by molar-refractivity contribution is 7.18. The van der Waals surface area contributed by atoms with E-state index in [1.54, 1.807) is 29.8 Å². The Morgan fingerprint density at radius 2 is 1.72 bits per heavy atom. The van der Waals surface area contributed by atoms with Gasteiger partial charge in [-0.25, -0.2) is 15.0 Å². The van der Waals surface area contributed by atoms with Gasteiger partial charge in [0.05, 0.1) is 11.1 Å². The number of carbonyl (C=O) groups excluding carboxylic acids is 1. The predicted octanol–water partition coefficient (Wildman–Crippen LogP) is 1.75. The molecule has 0 atom stereocenters. The van der Waals surface area contributed by atoms with E-state index in [2.05, 4.69) is 19.9 Å². The molecule has 25 heavy (non-hydrogen) atoms. The molecule has 0 N–H and O–H groups in total. The number of hydrogen-bond acceptors (Lipinski definition) is 6. The van der Waals surface area contributed by atoms with Crippen LogP contribution in [0.5, 0.6) is 0 Å². The number of piperazine rings is 1. The number of rotatable bonds is 4. The zero-order valence-electron chi connectivity index (χ0n) is 13.7. The van der Waals surface area contributed by atoms with Gasteiger partial charge in [0.2, 0.25) is 5.91 Å². The number of nitrogens with zero attached hydrogens (tertiary/aromatic N) is 6. The first-order valence-corrected chi connectivity index (χ1v) is 8.98. The summed E-state index contributed by atoms with van der Waals surface area (Å²) in [6, 6.07) is 5.67. The standard InChI is InChI=1S/C17H18N6OS/c24-15(13-21-6-1-2-7-21)22-8-10-23(11-9-22)17-20-12-14(25-17)16-18-4-3-5-19-16/h1-7,12H,8-11,13H2. The Bertz CT molecular complexity index is 824. The fraction of sp³-hybridized carbons (Fsp3) is 0.294. The summed E-state index contributed by atoms with van der Waals surface area (Å²) in [5, 5.41) is 0.958. The summed E-state index contributed by atoms with van der Waals surface area (Å²) in [7, 11) is 0. The van der Waals surface area contributed by atoms with Crippen molar-refractivity contribution in [2.75, 3.05) is 31.1 Å². The topological polar surface area (TPSA) is 67.2 Å². The Morgan fingerprint density at radius 1 is 1.00 bits per heavy atom. The Balaban J connectivity index is 1.36. The van der Waals surface area contributed by atoms with Gasteiger partial charge in [-0.05, 0) is 18.2 Å². The maximum atomic E-state index is 12.4. The van der Waals surface area contributed by atoms with Crippen LogP contribution in [0.1, 0.15) is 0 Å². The lowest BCUT2D eigenvalue weighted by molar-refractivity contribution is -0.132. The number of thiazole rings is 1. The number of aromatic nitrogens is 4. The van der Waals surface area contributed by atoms with Gasteiger partial charge in [0.1, 0.15) is 6.54 Å². The Labute approximate surface area is 149 Å². The molecule has 8 heteroatoms. The van der Waals surface area contributed by atoms with E-state index in [0.717, 1.165) is 36.2 Å². The van der Waals surface area contributed by atoms with Crippen molar-refractivity contribution in [3.8, 4) is 10.7 Å². The van der Waals surface area contributed by atoms with Crippen molar-refractivity contribution in [1.82, 2.24) is 24.4 Å². The van der Waals surface area contributed by atoms with E-state index in [1.165, 1.54) is 0 Å². The van der Waals surface area contributed by atoms with Crippen LogP contribution >= 0.6 is 11.3 Å². The molecule has 128 valence electrons. The number of carbonyl (C=O) groups is 1. The minimum Gasteiger partial charge on any atom is -0.345 e. The Morgan fingerprint density at radius 3 is 2.44 bits per heavy atom. The largest absolute Gasteiger partial charge is 0.345 e. The van der Waals surface area contributed by atoms with Gasteiger partial charge >= 0.3 is 0 Å². The van der Waals surface area contributed by atoms with Crippen LogP contribution in [0.4, 0.5) is 5.13 Å². The number of anilines is 1. The number of hydrogen-bond donors (Lipinski definition) is 0.